The number of benzene rings is 1. The summed E-state index contributed by atoms with van der Waals surface area (Å²) in [6.45, 7) is 3.67. The van der Waals surface area contributed by atoms with Crippen molar-refractivity contribution in [2.24, 2.45) is 0 Å². The van der Waals surface area contributed by atoms with Crippen molar-refractivity contribution in [1.82, 2.24) is 10.6 Å². The number of halogens is 2. The Morgan fingerprint density at radius 1 is 1.23 bits per heavy atom. The molecule has 144 valence electrons. The van der Waals surface area contributed by atoms with E-state index in [9.17, 15) is 18.0 Å². The summed E-state index contributed by atoms with van der Waals surface area (Å²) in [6, 6.07) is 4.69. The lowest BCUT2D eigenvalue weighted by molar-refractivity contribution is -0.126. The van der Waals surface area contributed by atoms with Crippen LogP contribution in [-0.4, -0.2) is 44.3 Å². The number of amides is 2. The number of hydrogen-bond acceptors (Lipinski definition) is 4. The molecule has 1 aliphatic heterocycles. The third-order valence-electron chi connectivity index (χ3n) is 4.44. The van der Waals surface area contributed by atoms with E-state index in [0.29, 0.717) is 22.0 Å². The summed E-state index contributed by atoms with van der Waals surface area (Å²) in [7, 11) is -3.04. The van der Waals surface area contributed by atoms with E-state index in [2.05, 4.69) is 10.6 Å². The van der Waals surface area contributed by atoms with Crippen LogP contribution in [0.3, 0.4) is 0 Å². The van der Waals surface area contributed by atoms with Gasteiger partial charge in [-0.25, -0.2) is 8.42 Å². The zero-order chi connectivity index (χ0) is 19.5. The molecule has 0 aliphatic carbocycles. The van der Waals surface area contributed by atoms with Crippen LogP contribution in [0.25, 0.3) is 0 Å². The van der Waals surface area contributed by atoms with E-state index in [0.717, 1.165) is 0 Å². The molecule has 0 radical (unpaired) electrons. The first-order valence-electron chi connectivity index (χ1n) is 8.25. The minimum Gasteiger partial charge on any atom is -0.355 e. The van der Waals surface area contributed by atoms with E-state index in [1.54, 1.807) is 32.0 Å². The van der Waals surface area contributed by atoms with Crippen LogP contribution in [0.5, 0.6) is 0 Å². The second-order valence-corrected chi connectivity index (χ2v) is 9.97. The van der Waals surface area contributed by atoms with Crippen LogP contribution in [0.4, 0.5) is 0 Å². The monoisotopic (exact) mass is 420 g/mol. The number of nitrogens with one attached hydrogen (secondary N) is 2. The van der Waals surface area contributed by atoms with Crippen LogP contribution in [0.15, 0.2) is 18.2 Å². The average Bonchev–Trinajstić information content (AvgIpc) is 2.88. The highest BCUT2D eigenvalue weighted by molar-refractivity contribution is 7.91. The number of hydrogen-bond donors (Lipinski definition) is 2. The topological polar surface area (TPSA) is 92.3 Å². The zero-order valence-corrected chi connectivity index (χ0v) is 17.0. The van der Waals surface area contributed by atoms with Gasteiger partial charge >= 0.3 is 0 Å². The molecule has 6 nitrogen and oxygen atoms in total. The summed E-state index contributed by atoms with van der Waals surface area (Å²) in [5.41, 5.74) is -0.130. The second kappa shape index (κ2) is 8.15. The Labute approximate surface area is 163 Å². The molecule has 1 aliphatic rings. The molecule has 2 amide bonds. The predicted octanol–water partition coefficient (Wildman–Crippen LogP) is 2.08. The van der Waals surface area contributed by atoms with Gasteiger partial charge in [0.2, 0.25) is 11.8 Å². The maximum atomic E-state index is 12.5. The standard InChI is InChI=1S/C17H22Cl2N2O4S/c1-17(2,11-3-4-13(18)14(19)9-11)16(23)20-7-5-15(22)21-12-6-8-26(24,25)10-12/h3-4,9,12H,5-8,10H2,1-2H3,(H,20,23)(H,21,22). The van der Waals surface area contributed by atoms with Crippen molar-refractivity contribution in [3.05, 3.63) is 33.8 Å². The Hall–Kier alpha value is -1.31. The zero-order valence-electron chi connectivity index (χ0n) is 14.6. The van der Waals surface area contributed by atoms with Gasteiger partial charge in [-0.1, -0.05) is 29.3 Å². The summed E-state index contributed by atoms with van der Waals surface area (Å²) in [5, 5.41) is 6.21. The molecular formula is C17H22Cl2N2O4S. The number of carbonyl (C=O) groups excluding carboxylic acids is 2. The maximum absolute atomic E-state index is 12.5. The minimum absolute atomic E-state index is 0.0184. The molecule has 0 spiro atoms. The third-order valence-corrected chi connectivity index (χ3v) is 6.95. The van der Waals surface area contributed by atoms with E-state index in [4.69, 9.17) is 23.2 Å². The SMILES string of the molecule is CC(C)(C(=O)NCCC(=O)NC1CCS(=O)(=O)C1)c1ccc(Cl)c(Cl)c1. The minimum atomic E-state index is -3.04. The van der Waals surface area contributed by atoms with E-state index in [1.807, 2.05) is 0 Å². The van der Waals surface area contributed by atoms with Crippen molar-refractivity contribution in [2.45, 2.75) is 38.1 Å². The fourth-order valence-corrected chi connectivity index (χ4v) is 4.71. The Morgan fingerprint density at radius 2 is 1.92 bits per heavy atom. The lowest BCUT2D eigenvalue weighted by Crippen LogP contribution is -2.42. The fourth-order valence-electron chi connectivity index (χ4n) is 2.74. The maximum Gasteiger partial charge on any atom is 0.230 e. The van der Waals surface area contributed by atoms with Crippen molar-refractivity contribution < 1.29 is 18.0 Å². The van der Waals surface area contributed by atoms with Gasteiger partial charge in [-0.15, -0.1) is 0 Å². The summed E-state index contributed by atoms with van der Waals surface area (Å²) in [4.78, 5) is 24.4. The van der Waals surface area contributed by atoms with E-state index in [1.165, 1.54) is 0 Å². The lowest BCUT2D eigenvalue weighted by atomic mass is 9.83. The smallest absolute Gasteiger partial charge is 0.230 e. The molecule has 1 heterocycles. The molecule has 1 saturated heterocycles. The van der Waals surface area contributed by atoms with Gasteiger partial charge in [-0.3, -0.25) is 9.59 Å². The molecule has 1 fully saturated rings. The normalized spacial score (nSPS) is 19.2. The lowest BCUT2D eigenvalue weighted by Gasteiger charge is -2.24. The number of sulfone groups is 1. The van der Waals surface area contributed by atoms with Crippen LogP contribution >= 0.6 is 23.2 Å². The van der Waals surface area contributed by atoms with Gasteiger partial charge in [-0.05, 0) is 38.0 Å². The molecule has 1 unspecified atom stereocenters. The van der Waals surface area contributed by atoms with Crippen molar-refractivity contribution in [2.75, 3.05) is 18.1 Å². The molecule has 9 heteroatoms. The Balaban J connectivity index is 1.83. The van der Waals surface area contributed by atoms with Crippen LogP contribution in [0.1, 0.15) is 32.3 Å². The van der Waals surface area contributed by atoms with E-state index < -0.39 is 15.3 Å². The Bertz CT molecular complexity index is 809. The highest BCUT2D eigenvalue weighted by Gasteiger charge is 2.31. The van der Waals surface area contributed by atoms with Crippen molar-refractivity contribution in [3.63, 3.8) is 0 Å². The highest BCUT2D eigenvalue weighted by Crippen LogP contribution is 2.30. The van der Waals surface area contributed by atoms with E-state index >= 15 is 0 Å². The van der Waals surface area contributed by atoms with Gasteiger partial charge < -0.3 is 10.6 Å². The van der Waals surface area contributed by atoms with Gasteiger partial charge in [0.05, 0.1) is 27.0 Å². The fraction of sp³-hybridized carbons (Fsp3) is 0.529. The van der Waals surface area contributed by atoms with Crippen LogP contribution < -0.4 is 10.6 Å². The average molecular weight is 421 g/mol. The molecule has 26 heavy (non-hydrogen) atoms. The Morgan fingerprint density at radius 3 is 2.50 bits per heavy atom. The highest BCUT2D eigenvalue weighted by atomic mass is 35.5. The largest absolute Gasteiger partial charge is 0.355 e. The third kappa shape index (κ3) is 5.34. The van der Waals surface area contributed by atoms with Gasteiger partial charge in [0.1, 0.15) is 0 Å². The van der Waals surface area contributed by atoms with E-state index in [-0.39, 0.29) is 42.3 Å². The molecule has 1 atom stereocenters. The molecule has 1 aromatic rings. The second-order valence-electron chi connectivity index (χ2n) is 6.93. The molecule has 0 aromatic heterocycles. The molecule has 1 aromatic carbocycles. The molecule has 0 bridgehead atoms. The molecule has 0 saturated carbocycles. The molecule has 2 rings (SSSR count). The van der Waals surface area contributed by atoms with Gasteiger partial charge in [-0.2, -0.15) is 0 Å². The summed E-state index contributed by atoms with van der Waals surface area (Å²) >= 11 is 11.9. The summed E-state index contributed by atoms with van der Waals surface area (Å²) in [5.74, 6) is -0.436. The van der Waals surface area contributed by atoms with Crippen LogP contribution in [0.2, 0.25) is 10.0 Å². The first-order valence-corrected chi connectivity index (χ1v) is 10.8. The number of carbonyl (C=O) groups is 2. The first-order chi connectivity index (χ1) is 12.0. The number of rotatable bonds is 6. The van der Waals surface area contributed by atoms with Gasteiger partial charge in [0.15, 0.2) is 9.84 Å². The quantitative estimate of drug-likeness (QED) is 0.736. The van der Waals surface area contributed by atoms with Crippen molar-refractivity contribution in [1.29, 1.82) is 0 Å². The van der Waals surface area contributed by atoms with Crippen LogP contribution in [-0.2, 0) is 24.8 Å². The summed E-state index contributed by atoms with van der Waals surface area (Å²) in [6.07, 6.45) is 0.518. The molecular weight excluding hydrogens is 399 g/mol. The molecule has 2 N–H and O–H groups in total. The van der Waals surface area contributed by atoms with Crippen LogP contribution in [0, 0.1) is 0 Å². The van der Waals surface area contributed by atoms with Gasteiger partial charge in [0.25, 0.3) is 0 Å². The summed E-state index contributed by atoms with van der Waals surface area (Å²) < 4.78 is 22.8. The Kier molecular flexibility index (Phi) is 6.58. The predicted molar refractivity (Wildman–Crippen MR) is 102 cm³/mol. The van der Waals surface area contributed by atoms with Gasteiger partial charge in [0, 0.05) is 19.0 Å². The van der Waals surface area contributed by atoms with Crippen molar-refractivity contribution in [3.8, 4) is 0 Å². The van der Waals surface area contributed by atoms with Crippen molar-refractivity contribution >= 4 is 44.9 Å². The first kappa shape index (κ1) is 21.0.